The van der Waals surface area contributed by atoms with Crippen LogP contribution in [0.25, 0.3) is 0 Å². The Morgan fingerprint density at radius 2 is 1.73 bits per heavy atom. The van der Waals surface area contributed by atoms with Crippen LogP contribution in [0, 0.1) is 11.3 Å². The number of primary sulfonamides is 1. The average Bonchev–Trinajstić information content (AvgIpc) is 2.72. The van der Waals surface area contributed by atoms with Crippen LogP contribution in [0.5, 0.6) is 5.75 Å². The number of nitriles is 1. The second kappa shape index (κ2) is 9.22. The van der Waals surface area contributed by atoms with Gasteiger partial charge in [-0.3, -0.25) is 4.79 Å². The second-order valence-corrected chi connectivity index (χ2v) is 8.10. The maximum absolute atomic E-state index is 12.3. The minimum atomic E-state index is -3.76. The molecule has 30 heavy (non-hydrogen) atoms. The lowest BCUT2D eigenvalue weighted by molar-refractivity contribution is -0.115. The van der Waals surface area contributed by atoms with Crippen molar-refractivity contribution in [2.75, 3.05) is 5.32 Å². The summed E-state index contributed by atoms with van der Waals surface area (Å²) in [5.74, 6) is 0.324. The molecule has 152 valence electrons. The molecule has 0 saturated carbocycles. The number of amides is 1. The normalized spacial score (nSPS) is 10.8. The molecule has 0 fully saturated rings. The number of ether oxygens (including phenoxy) is 1. The molecule has 0 heterocycles. The predicted octanol–water partition coefficient (Wildman–Crippen LogP) is 2.97. The number of rotatable bonds is 7. The summed E-state index contributed by atoms with van der Waals surface area (Å²) in [4.78, 5) is 12.3. The van der Waals surface area contributed by atoms with Crippen LogP contribution in [-0.2, 0) is 27.8 Å². The van der Waals surface area contributed by atoms with Gasteiger partial charge in [-0.1, -0.05) is 30.3 Å². The van der Waals surface area contributed by atoms with Gasteiger partial charge in [0.15, 0.2) is 0 Å². The fourth-order valence-corrected chi connectivity index (χ4v) is 3.26. The van der Waals surface area contributed by atoms with Crippen molar-refractivity contribution < 1.29 is 17.9 Å². The summed E-state index contributed by atoms with van der Waals surface area (Å²) in [5, 5.41) is 16.8. The third kappa shape index (κ3) is 5.91. The van der Waals surface area contributed by atoms with E-state index in [2.05, 4.69) is 11.4 Å². The molecule has 0 saturated heterocycles. The highest BCUT2D eigenvalue weighted by Crippen LogP contribution is 2.19. The van der Waals surface area contributed by atoms with Gasteiger partial charge in [-0.25, -0.2) is 13.6 Å². The molecule has 0 bridgehead atoms. The van der Waals surface area contributed by atoms with E-state index in [0.29, 0.717) is 29.2 Å². The number of hydrogen-bond acceptors (Lipinski definition) is 5. The fourth-order valence-electron chi connectivity index (χ4n) is 2.75. The zero-order chi connectivity index (χ0) is 21.6. The van der Waals surface area contributed by atoms with E-state index in [0.717, 1.165) is 5.56 Å². The van der Waals surface area contributed by atoms with Crippen molar-refractivity contribution in [1.29, 1.82) is 5.26 Å². The molecule has 0 aliphatic heterocycles. The van der Waals surface area contributed by atoms with Gasteiger partial charge in [-0.2, -0.15) is 5.26 Å². The SMILES string of the molecule is N#Cc1cccc(COc2cccc(NC(=O)Cc3ccc(S(N)(=O)=O)cc3)c2)c1. The first kappa shape index (κ1) is 21.0. The van der Waals surface area contributed by atoms with Gasteiger partial charge in [0.1, 0.15) is 12.4 Å². The smallest absolute Gasteiger partial charge is 0.238 e. The van der Waals surface area contributed by atoms with Crippen LogP contribution in [0.2, 0.25) is 0 Å². The second-order valence-electron chi connectivity index (χ2n) is 6.54. The summed E-state index contributed by atoms with van der Waals surface area (Å²) < 4.78 is 28.3. The molecule has 0 aromatic heterocycles. The van der Waals surface area contributed by atoms with Crippen molar-refractivity contribution in [3.8, 4) is 11.8 Å². The Morgan fingerprint density at radius 1 is 1.00 bits per heavy atom. The molecule has 8 heteroatoms. The van der Waals surface area contributed by atoms with Gasteiger partial charge in [0, 0.05) is 11.8 Å². The zero-order valence-electron chi connectivity index (χ0n) is 15.9. The number of hydrogen-bond donors (Lipinski definition) is 2. The quantitative estimate of drug-likeness (QED) is 0.607. The van der Waals surface area contributed by atoms with E-state index in [1.165, 1.54) is 12.1 Å². The minimum absolute atomic E-state index is 0.00295. The summed E-state index contributed by atoms with van der Waals surface area (Å²) in [7, 11) is -3.76. The van der Waals surface area contributed by atoms with Gasteiger partial charge in [-0.05, 0) is 47.5 Å². The van der Waals surface area contributed by atoms with Gasteiger partial charge in [0.05, 0.1) is 22.9 Å². The molecule has 0 atom stereocenters. The molecule has 0 aliphatic carbocycles. The van der Waals surface area contributed by atoms with Crippen molar-refractivity contribution in [2.45, 2.75) is 17.9 Å². The molecule has 0 unspecified atom stereocenters. The molecule has 0 aliphatic rings. The summed E-state index contributed by atoms with van der Waals surface area (Å²) in [6.07, 6.45) is 0.0803. The molecule has 3 N–H and O–H groups in total. The molecule has 3 rings (SSSR count). The number of anilines is 1. The van der Waals surface area contributed by atoms with Gasteiger partial charge in [-0.15, -0.1) is 0 Å². The molecule has 0 spiro atoms. The third-order valence-corrected chi connectivity index (χ3v) is 5.13. The Morgan fingerprint density at radius 3 is 2.43 bits per heavy atom. The van der Waals surface area contributed by atoms with E-state index in [1.807, 2.05) is 6.07 Å². The zero-order valence-corrected chi connectivity index (χ0v) is 16.7. The highest BCUT2D eigenvalue weighted by molar-refractivity contribution is 7.89. The van der Waals surface area contributed by atoms with Gasteiger partial charge in [0.2, 0.25) is 15.9 Å². The van der Waals surface area contributed by atoms with E-state index >= 15 is 0 Å². The summed E-state index contributed by atoms with van der Waals surface area (Å²) in [6, 6.07) is 22.1. The first-order valence-electron chi connectivity index (χ1n) is 8.97. The third-order valence-electron chi connectivity index (χ3n) is 4.20. The lowest BCUT2D eigenvalue weighted by Gasteiger charge is -2.10. The Hall–Kier alpha value is -3.67. The monoisotopic (exact) mass is 421 g/mol. The maximum Gasteiger partial charge on any atom is 0.238 e. The van der Waals surface area contributed by atoms with Gasteiger partial charge in [0.25, 0.3) is 0 Å². The van der Waals surface area contributed by atoms with Crippen LogP contribution in [0.1, 0.15) is 16.7 Å². The number of nitrogens with one attached hydrogen (secondary N) is 1. The number of benzene rings is 3. The van der Waals surface area contributed by atoms with E-state index in [4.69, 9.17) is 15.1 Å². The Balaban J connectivity index is 1.59. The first-order chi connectivity index (χ1) is 14.3. The number of carbonyl (C=O) groups is 1. The van der Waals surface area contributed by atoms with E-state index in [-0.39, 0.29) is 17.2 Å². The van der Waals surface area contributed by atoms with E-state index < -0.39 is 10.0 Å². The van der Waals surface area contributed by atoms with Gasteiger partial charge >= 0.3 is 0 Å². The maximum atomic E-state index is 12.3. The number of carbonyl (C=O) groups excluding carboxylic acids is 1. The number of nitrogens with zero attached hydrogens (tertiary/aromatic N) is 1. The van der Waals surface area contributed by atoms with Crippen LogP contribution >= 0.6 is 0 Å². The van der Waals surface area contributed by atoms with Crippen molar-refractivity contribution in [3.05, 3.63) is 89.5 Å². The van der Waals surface area contributed by atoms with Crippen LogP contribution < -0.4 is 15.2 Å². The predicted molar refractivity (Wildman–Crippen MR) is 112 cm³/mol. The standard InChI is InChI=1S/C22H19N3O4S/c23-14-17-3-1-4-18(11-17)15-29-20-6-2-5-19(13-20)25-22(26)12-16-7-9-21(10-8-16)30(24,27)28/h1-11,13H,12,15H2,(H,25,26)(H2,24,27,28). The molecular weight excluding hydrogens is 402 g/mol. The van der Waals surface area contributed by atoms with Crippen LogP contribution in [-0.4, -0.2) is 14.3 Å². The van der Waals surface area contributed by atoms with Crippen molar-refractivity contribution >= 4 is 21.6 Å². The van der Waals surface area contributed by atoms with Crippen molar-refractivity contribution in [3.63, 3.8) is 0 Å². The van der Waals surface area contributed by atoms with E-state index in [1.54, 1.807) is 54.6 Å². The lowest BCUT2D eigenvalue weighted by Crippen LogP contribution is -2.15. The highest BCUT2D eigenvalue weighted by Gasteiger charge is 2.09. The van der Waals surface area contributed by atoms with Crippen LogP contribution in [0.3, 0.4) is 0 Å². The summed E-state index contributed by atoms with van der Waals surface area (Å²) >= 11 is 0. The molecule has 3 aromatic carbocycles. The summed E-state index contributed by atoms with van der Waals surface area (Å²) in [5.41, 5.74) is 2.66. The fraction of sp³-hybridized carbons (Fsp3) is 0.0909. The van der Waals surface area contributed by atoms with Crippen LogP contribution in [0.4, 0.5) is 5.69 Å². The Labute approximate surface area is 174 Å². The van der Waals surface area contributed by atoms with Crippen molar-refractivity contribution in [2.24, 2.45) is 5.14 Å². The number of sulfonamides is 1. The Bertz CT molecular complexity index is 1200. The molecule has 0 radical (unpaired) electrons. The molecule has 7 nitrogen and oxygen atoms in total. The molecular formula is C22H19N3O4S. The molecule has 1 amide bonds. The topological polar surface area (TPSA) is 122 Å². The number of nitrogens with two attached hydrogens (primary N) is 1. The Kier molecular flexibility index (Phi) is 6.47. The minimum Gasteiger partial charge on any atom is -0.489 e. The summed E-state index contributed by atoms with van der Waals surface area (Å²) in [6.45, 7) is 0.295. The first-order valence-corrected chi connectivity index (χ1v) is 10.5. The average molecular weight is 421 g/mol. The van der Waals surface area contributed by atoms with Crippen molar-refractivity contribution in [1.82, 2.24) is 0 Å². The van der Waals surface area contributed by atoms with Gasteiger partial charge < -0.3 is 10.1 Å². The largest absolute Gasteiger partial charge is 0.489 e. The van der Waals surface area contributed by atoms with Crippen LogP contribution in [0.15, 0.2) is 77.7 Å². The molecule has 3 aromatic rings. The lowest BCUT2D eigenvalue weighted by atomic mass is 10.1. The van der Waals surface area contributed by atoms with E-state index in [9.17, 15) is 13.2 Å². The highest BCUT2D eigenvalue weighted by atomic mass is 32.2.